The van der Waals surface area contributed by atoms with Crippen molar-refractivity contribution >= 4 is 29.1 Å². The fraction of sp³-hybridized carbons (Fsp3) is 0.520. The first-order valence-corrected chi connectivity index (χ1v) is 12.8. The molecule has 1 aromatic carbocycles. The second-order valence-corrected chi connectivity index (χ2v) is 10.4. The van der Waals surface area contributed by atoms with Crippen molar-refractivity contribution in [3.05, 3.63) is 41.0 Å². The van der Waals surface area contributed by atoms with Crippen LogP contribution < -0.4 is 16.4 Å². The molecule has 0 spiro atoms. The molecule has 1 aliphatic rings. The Morgan fingerprint density at radius 3 is 2.51 bits per heavy atom. The Bertz CT molecular complexity index is 1040. The number of carbonyl (C=O) groups is 3. The van der Waals surface area contributed by atoms with Gasteiger partial charge in [-0.05, 0) is 37.3 Å². The minimum Gasteiger partial charge on any atom is -0.391 e. The summed E-state index contributed by atoms with van der Waals surface area (Å²) >= 11 is 1.58. The second-order valence-electron chi connectivity index (χ2n) is 9.54. The molecule has 0 bridgehead atoms. The smallest absolute Gasteiger partial charge is 0.245 e. The molecule has 35 heavy (non-hydrogen) atoms. The number of aromatic nitrogens is 1. The molecule has 9 nitrogen and oxygen atoms in total. The van der Waals surface area contributed by atoms with Crippen LogP contribution in [0.25, 0.3) is 10.4 Å². The summed E-state index contributed by atoms with van der Waals surface area (Å²) in [6.45, 7) is 7.80. The van der Waals surface area contributed by atoms with Crippen molar-refractivity contribution in [3.63, 3.8) is 0 Å². The predicted octanol–water partition coefficient (Wildman–Crippen LogP) is 1.57. The molecule has 3 rings (SSSR count). The number of aliphatic hydroxyl groups excluding tert-OH is 1. The Balaban J connectivity index is 1.57. The van der Waals surface area contributed by atoms with E-state index in [1.165, 1.54) is 4.90 Å². The van der Waals surface area contributed by atoms with Crippen LogP contribution >= 0.6 is 11.3 Å². The summed E-state index contributed by atoms with van der Waals surface area (Å²) in [7, 11) is 0. The number of carbonyl (C=O) groups excluding carboxylic acids is 3. The van der Waals surface area contributed by atoms with Crippen LogP contribution in [-0.2, 0) is 20.9 Å². The molecule has 1 aromatic heterocycles. The molecule has 3 amide bonds. The largest absolute Gasteiger partial charge is 0.391 e. The van der Waals surface area contributed by atoms with Crippen LogP contribution in [-0.4, -0.2) is 63.5 Å². The fourth-order valence-corrected chi connectivity index (χ4v) is 5.02. The number of benzene rings is 1. The first-order chi connectivity index (χ1) is 16.6. The third-order valence-corrected chi connectivity index (χ3v) is 7.06. The highest BCUT2D eigenvalue weighted by Crippen LogP contribution is 2.27. The summed E-state index contributed by atoms with van der Waals surface area (Å²) in [5.74, 6) is -0.919. The summed E-state index contributed by atoms with van der Waals surface area (Å²) in [5.41, 5.74) is 10.7. The third-order valence-electron chi connectivity index (χ3n) is 6.08. The van der Waals surface area contributed by atoms with Gasteiger partial charge in [0.25, 0.3) is 0 Å². The lowest BCUT2D eigenvalue weighted by Gasteiger charge is -2.27. The number of nitrogens with one attached hydrogen (secondary N) is 2. The van der Waals surface area contributed by atoms with E-state index in [0.717, 1.165) is 21.7 Å². The van der Waals surface area contributed by atoms with Crippen LogP contribution in [0.15, 0.2) is 29.8 Å². The number of hydrogen-bond acceptors (Lipinski definition) is 7. The number of aryl methyl sites for hydroxylation is 1. The van der Waals surface area contributed by atoms with Crippen molar-refractivity contribution in [3.8, 4) is 10.4 Å². The molecule has 2 aromatic rings. The van der Waals surface area contributed by atoms with E-state index in [2.05, 4.69) is 15.6 Å². The Hall–Kier alpha value is -2.82. The second kappa shape index (κ2) is 11.7. The molecule has 0 saturated carbocycles. The standard InChI is InChI=1S/C25H35N5O4S/c1-14(2)9-20(26)23(32)29-16(4)25(34)30-12-19(31)10-21(30)24(33)27-11-17-5-7-18(8-6-17)22-15(3)28-13-35-22/h5-8,13-14,16,19-21,31H,9-12,26H2,1-4H3,(H,27,33)(H,29,32)/t16-,19+,20?,21-/m0/s1. The molecular weight excluding hydrogens is 466 g/mol. The number of amides is 3. The molecule has 1 unspecified atom stereocenters. The van der Waals surface area contributed by atoms with Crippen LogP contribution in [0.5, 0.6) is 0 Å². The Labute approximate surface area is 210 Å². The highest BCUT2D eigenvalue weighted by Gasteiger charge is 2.40. The van der Waals surface area contributed by atoms with Crippen molar-refractivity contribution in [2.45, 2.75) is 71.3 Å². The van der Waals surface area contributed by atoms with Gasteiger partial charge < -0.3 is 26.4 Å². The zero-order chi connectivity index (χ0) is 25.7. The lowest BCUT2D eigenvalue weighted by molar-refractivity contribution is -0.141. The van der Waals surface area contributed by atoms with E-state index in [9.17, 15) is 19.5 Å². The normalized spacial score (nSPS) is 19.5. The molecule has 10 heteroatoms. The van der Waals surface area contributed by atoms with Crippen molar-refractivity contribution < 1.29 is 19.5 Å². The Kier molecular flexibility index (Phi) is 8.98. The summed E-state index contributed by atoms with van der Waals surface area (Å²) in [4.78, 5) is 45.0. The number of hydrogen-bond donors (Lipinski definition) is 4. The number of nitrogens with two attached hydrogens (primary N) is 1. The van der Waals surface area contributed by atoms with Crippen LogP contribution in [0.4, 0.5) is 0 Å². The van der Waals surface area contributed by atoms with E-state index in [-0.39, 0.29) is 24.8 Å². The maximum Gasteiger partial charge on any atom is 0.245 e. The van der Waals surface area contributed by atoms with Gasteiger partial charge in [-0.2, -0.15) is 0 Å². The highest BCUT2D eigenvalue weighted by atomic mass is 32.1. The van der Waals surface area contributed by atoms with Gasteiger partial charge in [-0.25, -0.2) is 4.98 Å². The zero-order valence-corrected chi connectivity index (χ0v) is 21.5. The van der Waals surface area contributed by atoms with Crippen molar-refractivity contribution in [1.29, 1.82) is 0 Å². The third kappa shape index (κ3) is 6.87. The SMILES string of the molecule is Cc1ncsc1-c1ccc(CNC(=O)[C@@H]2C[C@@H](O)CN2C(=O)[C@H](C)NC(=O)C(N)CC(C)C)cc1. The molecule has 4 atom stereocenters. The van der Waals surface area contributed by atoms with Crippen molar-refractivity contribution in [2.75, 3.05) is 6.54 Å². The number of rotatable bonds is 9. The first-order valence-electron chi connectivity index (χ1n) is 11.9. The van der Waals surface area contributed by atoms with Gasteiger partial charge >= 0.3 is 0 Å². The summed E-state index contributed by atoms with van der Waals surface area (Å²) in [5, 5.41) is 15.7. The molecule has 1 saturated heterocycles. The molecule has 190 valence electrons. The first kappa shape index (κ1) is 26.8. The van der Waals surface area contributed by atoms with Crippen LogP contribution in [0.3, 0.4) is 0 Å². The van der Waals surface area contributed by atoms with Gasteiger partial charge in [-0.1, -0.05) is 38.1 Å². The minimum absolute atomic E-state index is 0.0398. The lowest BCUT2D eigenvalue weighted by atomic mass is 10.0. The van der Waals surface area contributed by atoms with Gasteiger partial charge in [-0.15, -0.1) is 11.3 Å². The van der Waals surface area contributed by atoms with Crippen LogP contribution in [0.2, 0.25) is 0 Å². The van der Waals surface area contributed by atoms with E-state index in [4.69, 9.17) is 5.73 Å². The van der Waals surface area contributed by atoms with Gasteiger partial charge in [0.15, 0.2) is 0 Å². The molecule has 2 heterocycles. The van der Waals surface area contributed by atoms with Crippen LogP contribution in [0, 0.1) is 12.8 Å². The molecule has 5 N–H and O–H groups in total. The topological polar surface area (TPSA) is 138 Å². The number of thiazole rings is 1. The Morgan fingerprint density at radius 2 is 1.91 bits per heavy atom. The van der Waals surface area contributed by atoms with Gasteiger partial charge in [0.2, 0.25) is 17.7 Å². The maximum absolute atomic E-state index is 13.0. The van der Waals surface area contributed by atoms with E-state index in [1.54, 1.807) is 18.3 Å². The number of likely N-dealkylation sites (tertiary alicyclic amines) is 1. The van der Waals surface area contributed by atoms with Crippen molar-refractivity contribution in [2.24, 2.45) is 11.7 Å². The van der Waals surface area contributed by atoms with E-state index in [1.807, 2.05) is 50.5 Å². The quantitative estimate of drug-likeness (QED) is 0.412. The van der Waals surface area contributed by atoms with Gasteiger partial charge in [0, 0.05) is 19.5 Å². The van der Waals surface area contributed by atoms with Gasteiger partial charge in [-0.3, -0.25) is 14.4 Å². The monoisotopic (exact) mass is 501 g/mol. The van der Waals surface area contributed by atoms with E-state index < -0.39 is 36.0 Å². The maximum atomic E-state index is 13.0. The number of aliphatic hydroxyl groups is 1. The molecular formula is C25H35N5O4S. The highest BCUT2D eigenvalue weighted by molar-refractivity contribution is 7.13. The van der Waals surface area contributed by atoms with E-state index in [0.29, 0.717) is 13.0 Å². The number of β-amino-alcohol motifs (C(OH)–C–C–N with tert-alkyl or cyclic N) is 1. The zero-order valence-electron chi connectivity index (χ0n) is 20.7. The minimum atomic E-state index is -0.857. The predicted molar refractivity (Wildman–Crippen MR) is 135 cm³/mol. The van der Waals surface area contributed by atoms with Gasteiger partial charge in [0.05, 0.1) is 28.2 Å². The number of nitrogens with zero attached hydrogens (tertiary/aromatic N) is 2. The van der Waals surface area contributed by atoms with Gasteiger partial charge in [0.1, 0.15) is 12.1 Å². The Morgan fingerprint density at radius 1 is 1.23 bits per heavy atom. The average molecular weight is 502 g/mol. The summed E-state index contributed by atoms with van der Waals surface area (Å²) < 4.78 is 0. The molecule has 1 aliphatic heterocycles. The molecule has 1 fully saturated rings. The van der Waals surface area contributed by atoms with E-state index >= 15 is 0 Å². The van der Waals surface area contributed by atoms with Crippen molar-refractivity contribution in [1.82, 2.24) is 20.5 Å². The fourth-order valence-electron chi connectivity index (χ4n) is 4.21. The molecule has 0 aliphatic carbocycles. The summed E-state index contributed by atoms with van der Waals surface area (Å²) in [6, 6.07) is 5.50. The average Bonchev–Trinajstić information content (AvgIpc) is 3.42. The lowest BCUT2D eigenvalue weighted by Crippen LogP contribution is -2.54. The summed E-state index contributed by atoms with van der Waals surface area (Å²) in [6.07, 6.45) is -0.151. The molecule has 0 radical (unpaired) electrons. The van der Waals surface area contributed by atoms with Crippen LogP contribution in [0.1, 0.15) is 44.9 Å².